The van der Waals surface area contributed by atoms with Gasteiger partial charge in [0, 0.05) is 0 Å². The van der Waals surface area contributed by atoms with Crippen LogP contribution in [-0.2, 0) is 0 Å². The molecule has 6 unspecified atom stereocenters. The maximum absolute atomic E-state index is 2.52. The predicted octanol–water partition coefficient (Wildman–Crippen LogP) is 4.47. The van der Waals surface area contributed by atoms with Gasteiger partial charge < -0.3 is 0 Å². The highest BCUT2D eigenvalue weighted by Crippen LogP contribution is 2.64. The summed E-state index contributed by atoms with van der Waals surface area (Å²) in [6.45, 7) is 2.52. The molecule has 0 heteroatoms. The van der Waals surface area contributed by atoms with E-state index >= 15 is 0 Å². The molecule has 0 radical (unpaired) electrons. The van der Waals surface area contributed by atoms with Gasteiger partial charge in [-0.05, 0) is 66.8 Å². The van der Waals surface area contributed by atoms with Crippen molar-refractivity contribution in [1.29, 1.82) is 0 Å². The van der Waals surface area contributed by atoms with E-state index in [1.165, 1.54) is 25.7 Å². The molecule has 90 valence electrons. The molecule has 0 heterocycles. The molecule has 4 rings (SSSR count). The van der Waals surface area contributed by atoms with E-state index in [0.717, 1.165) is 35.5 Å². The van der Waals surface area contributed by atoms with Crippen LogP contribution in [0.15, 0.2) is 30.3 Å². The molecule has 3 fully saturated rings. The highest BCUT2D eigenvalue weighted by molar-refractivity contribution is 5.25. The molecule has 1 aromatic rings. The molecule has 3 aliphatic carbocycles. The van der Waals surface area contributed by atoms with E-state index in [2.05, 4.69) is 37.3 Å². The van der Waals surface area contributed by atoms with Crippen molar-refractivity contribution in [3.8, 4) is 0 Å². The van der Waals surface area contributed by atoms with Gasteiger partial charge in [-0.2, -0.15) is 0 Å². The summed E-state index contributed by atoms with van der Waals surface area (Å²) in [5, 5.41) is 0. The Kier molecular flexibility index (Phi) is 2.16. The van der Waals surface area contributed by atoms with Crippen molar-refractivity contribution in [3.05, 3.63) is 35.9 Å². The molecule has 0 N–H and O–H groups in total. The Hall–Kier alpha value is -0.780. The molecule has 0 saturated heterocycles. The second-order valence-electron chi connectivity index (χ2n) is 6.72. The Labute approximate surface area is 104 Å². The summed E-state index contributed by atoms with van der Waals surface area (Å²) >= 11 is 0. The van der Waals surface area contributed by atoms with Gasteiger partial charge in [0.25, 0.3) is 0 Å². The monoisotopic (exact) mass is 226 g/mol. The highest BCUT2D eigenvalue weighted by Gasteiger charge is 2.56. The SMILES string of the molecule is CC1CC2CCC3CC(c4ccccc4)C1C23. The van der Waals surface area contributed by atoms with Crippen LogP contribution in [-0.4, -0.2) is 0 Å². The summed E-state index contributed by atoms with van der Waals surface area (Å²) in [6.07, 6.45) is 6.08. The van der Waals surface area contributed by atoms with E-state index in [9.17, 15) is 0 Å². The first-order chi connectivity index (χ1) is 8.34. The van der Waals surface area contributed by atoms with Crippen LogP contribution in [0.2, 0.25) is 0 Å². The first-order valence-electron chi connectivity index (χ1n) is 7.39. The standard InChI is InChI=1S/C17H22/c1-11-9-13-7-8-14-10-15(16(11)17(13)14)12-5-3-2-4-6-12/h2-6,11,13-17H,7-10H2,1H3. The zero-order valence-electron chi connectivity index (χ0n) is 10.7. The largest absolute Gasteiger partial charge is 0.0622 e. The molecular weight excluding hydrogens is 204 g/mol. The van der Waals surface area contributed by atoms with Crippen molar-refractivity contribution in [3.63, 3.8) is 0 Å². The lowest BCUT2D eigenvalue weighted by atomic mass is 9.81. The van der Waals surface area contributed by atoms with Crippen LogP contribution < -0.4 is 0 Å². The van der Waals surface area contributed by atoms with Crippen molar-refractivity contribution in [2.45, 2.75) is 38.5 Å². The third-order valence-electron chi connectivity index (χ3n) is 6.02. The third-order valence-corrected chi connectivity index (χ3v) is 6.02. The number of benzene rings is 1. The van der Waals surface area contributed by atoms with Gasteiger partial charge in [0.2, 0.25) is 0 Å². The summed E-state index contributed by atoms with van der Waals surface area (Å²) < 4.78 is 0. The lowest BCUT2D eigenvalue weighted by Gasteiger charge is -2.23. The average molecular weight is 226 g/mol. The average Bonchev–Trinajstić information content (AvgIpc) is 2.98. The lowest BCUT2D eigenvalue weighted by Crippen LogP contribution is -2.15. The summed E-state index contributed by atoms with van der Waals surface area (Å²) in [5.41, 5.74) is 1.62. The van der Waals surface area contributed by atoms with Gasteiger partial charge in [0.15, 0.2) is 0 Å². The second kappa shape index (κ2) is 3.60. The molecule has 0 spiro atoms. The van der Waals surface area contributed by atoms with Gasteiger partial charge in [0.05, 0.1) is 0 Å². The topological polar surface area (TPSA) is 0 Å². The van der Waals surface area contributed by atoms with Crippen molar-refractivity contribution in [1.82, 2.24) is 0 Å². The Morgan fingerprint density at radius 2 is 1.59 bits per heavy atom. The van der Waals surface area contributed by atoms with Gasteiger partial charge >= 0.3 is 0 Å². The van der Waals surface area contributed by atoms with E-state index in [1.807, 2.05) is 0 Å². The minimum absolute atomic E-state index is 0.881. The van der Waals surface area contributed by atoms with E-state index in [1.54, 1.807) is 5.56 Å². The van der Waals surface area contributed by atoms with Crippen LogP contribution >= 0.6 is 0 Å². The zero-order chi connectivity index (χ0) is 11.4. The van der Waals surface area contributed by atoms with E-state index in [4.69, 9.17) is 0 Å². The number of hydrogen-bond acceptors (Lipinski definition) is 0. The van der Waals surface area contributed by atoms with Gasteiger partial charge in [-0.15, -0.1) is 0 Å². The van der Waals surface area contributed by atoms with Crippen molar-refractivity contribution >= 4 is 0 Å². The maximum Gasteiger partial charge on any atom is -0.0125 e. The molecule has 0 bridgehead atoms. The molecule has 1 aromatic carbocycles. The molecule has 3 saturated carbocycles. The van der Waals surface area contributed by atoms with Crippen LogP contribution in [0.3, 0.4) is 0 Å². The Balaban J connectivity index is 1.71. The molecule has 0 aliphatic heterocycles. The van der Waals surface area contributed by atoms with Crippen LogP contribution in [0, 0.1) is 29.6 Å². The second-order valence-corrected chi connectivity index (χ2v) is 6.72. The zero-order valence-corrected chi connectivity index (χ0v) is 10.7. The smallest absolute Gasteiger partial charge is 0.0125 e. The molecule has 0 amide bonds. The fourth-order valence-electron chi connectivity index (χ4n) is 5.60. The fraction of sp³-hybridized carbons (Fsp3) is 0.647. The van der Waals surface area contributed by atoms with Crippen LogP contribution in [0.4, 0.5) is 0 Å². The maximum atomic E-state index is 2.52. The van der Waals surface area contributed by atoms with Crippen molar-refractivity contribution in [2.24, 2.45) is 29.6 Å². The number of hydrogen-bond donors (Lipinski definition) is 0. The fourth-order valence-corrected chi connectivity index (χ4v) is 5.60. The number of rotatable bonds is 1. The molecule has 0 aromatic heterocycles. The third kappa shape index (κ3) is 1.36. The highest BCUT2D eigenvalue weighted by atomic mass is 14.6. The Morgan fingerprint density at radius 1 is 0.882 bits per heavy atom. The van der Waals surface area contributed by atoms with E-state index < -0.39 is 0 Å². The van der Waals surface area contributed by atoms with E-state index in [0.29, 0.717) is 0 Å². The van der Waals surface area contributed by atoms with E-state index in [-0.39, 0.29) is 0 Å². The molecule has 0 nitrogen and oxygen atoms in total. The van der Waals surface area contributed by atoms with Gasteiger partial charge in [-0.1, -0.05) is 37.3 Å². The predicted molar refractivity (Wildman–Crippen MR) is 70.8 cm³/mol. The summed E-state index contributed by atoms with van der Waals surface area (Å²) in [6, 6.07) is 11.3. The quantitative estimate of drug-likeness (QED) is 0.662. The van der Waals surface area contributed by atoms with Crippen molar-refractivity contribution < 1.29 is 0 Å². The van der Waals surface area contributed by atoms with Gasteiger partial charge in [-0.3, -0.25) is 0 Å². The Morgan fingerprint density at radius 3 is 2.35 bits per heavy atom. The lowest BCUT2D eigenvalue weighted by molar-refractivity contribution is 0.314. The molecule has 6 atom stereocenters. The summed E-state index contributed by atoms with van der Waals surface area (Å²) in [5.74, 6) is 6.12. The molecular formula is C17H22. The van der Waals surface area contributed by atoms with Gasteiger partial charge in [0.1, 0.15) is 0 Å². The molecule has 3 aliphatic rings. The Bertz CT molecular complexity index is 407. The normalized spacial score (nSPS) is 47.4. The molecule has 17 heavy (non-hydrogen) atoms. The van der Waals surface area contributed by atoms with Gasteiger partial charge in [-0.25, -0.2) is 0 Å². The minimum Gasteiger partial charge on any atom is -0.0622 e. The summed E-state index contributed by atoms with van der Waals surface area (Å²) in [4.78, 5) is 0. The first kappa shape index (κ1) is 10.2. The van der Waals surface area contributed by atoms with Crippen LogP contribution in [0.5, 0.6) is 0 Å². The summed E-state index contributed by atoms with van der Waals surface area (Å²) in [7, 11) is 0. The minimum atomic E-state index is 0.881. The van der Waals surface area contributed by atoms with Crippen molar-refractivity contribution in [2.75, 3.05) is 0 Å². The first-order valence-corrected chi connectivity index (χ1v) is 7.39. The van der Waals surface area contributed by atoms with Crippen LogP contribution in [0.1, 0.15) is 44.1 Å². The van der Waals surface area contributed by atoms with Crippen LogP contribution in [0.25, 0.3) is 0 Å².